The van der Waals surface area contributed by atoms with Gasteiger partial charge >= 0.3 is 0 Å². The highest BCUT2D eigenvalue weighted by molar-refractivity contribution is 7.15. The third-order valence-corrected chi connectivity index (χ3v) is 4.79. The van der Waals surface area contributed by atoms with E-state index in [-0.39, 0.29) is 5.91 Å². The number of nitrogens with one attached hydrogen (secondary N) is 2. The van der Waals surface area contributed by atoms with E-state index in [1.54, 1.807) is 17.4 Å². The van der Waals surface area contributed by atoms with Gasteiger partial charge in [-0.2, -0.15) is 0 Å². The SMILES string of the molecule is O=C(Nc1nc2c(s1)CNCC2)c1ccc2c(c1)CCO2. The zero-order valence-electron chi connectivity index (χ0n) is 11.4. The predicted molar refractivity (Wildman–Crippen MR) is 81.1 cm³/mol. The van der Waals surface area contributed by atoms with E-state index in [1.165, 1.54) is 4.88 Å². The minimum atomic E-state index is -0.108. The van der Waals surface area contributed by atoms with Crippen LogP contribution in [0.1, 0.15) is 26.5 Å². The Bertz CT molecular complexity index is 687. The number of benzene rings is 1. The fourth-order valence-electron chi connectivity index (χ4n) is 2.68. The van der Waals surface area contributed by atoms with Crippen LogP contribution in [0.25, 0.3) is 0 Å². The number of fused-ring (bicyclic) bond motifs is 2. The number of hydrogen-bond acceptors (Lipinski definition) is 5. The molecule has 108 valence electrons. The van der Waals surface area contributed by atoms with Gasteiger partial charge in [0.2, 0.25) is 0 Å². The van der Waals surface area contributed by atoms with Gasteiger partial charge in [0.15, 0.2) is 5.13 Å². The average Bonchev–Trinajstić information content (AvgIpc) is 3.11. The molecule has 0 fully saturated rings. The number of nitrogens with zero attached hydrogens (tertiary/aromatic N) is 1. The summed E-state index contributed by atoms with van der Waals surface area (Å²) in [5.41, 5.74) is 2.87. The molecule has 2 aliphatic rings. The summed E-state index contributed by atoms with van der Waals surface area (Å²) < 4.78 is 5.46. The highest BCUT2D eigenvalue weighted by Gasteiger charge is 2.18. The molecule has 0 saturated heterocycles. The lowest BCUT2D eigenvalue weighted by molar-refractivity contribution is 0.102. The number of ether oxygens (including phenoxy) is 1. The lowest BCUT2D eigenvalue weighted by Crippen LogP contribution is -2.22. The Balaban J connectivity index is 1.54. The summed E-state index contributed by atoms with van der Waals surface area (Å²) in [5, 5.41) is 6.90. The first-order chi connectivity index (χ1) is 10.3. The molecule has 2 aromatic rings. The topological polar surface area (TPSA) is 63.2 Å². The van der Waals surface area contributed by atoms with Crippen molar-refractivity contribution in [3.8, 4) is 5.75 Å². The number of thiazole rings is 1. The van der Waals surface area contributed by atoms with E-state index in [0.29, 0.717) is 17.3 Å². The first kappa shape index (κ1) is 12.8. The molecule has 0 spiro atoms. The second-order valence-corrected chi connectivity index (χ2v) is 6.27. The maximum Gasteiger partial charge on any atom is 0.257 e. The van der Waals surface area contributed by atoms with Crippen LogP contribution < -0.4 is 15.4 Å². The highest BCUT2D eigenvalue weighted by atomic mass is 32.1. The summed E-state index contributed by atoms with van der Waals surface area (Å²) in [6, 6.07) is 5.58. The summed E-state index contributed by atoms with van der Waals surface area (Å²) >= 11 is 1.55. The van der Waals surface area contributed by atoms with Gasteiger partial charge in [-0.3, -0.25) is 10.1 Å². The van der Waals surface area contributed by atoms with Crippen LogP contribution in [0, 0.1) is 0 Å². The number of rotatable bonds is 2. The fraction of sp³-hybridized carbons (Fsp3) is 0.333. The Labute approximate surface area is 126 Å². The van der Waals surface area contributed by atoms with E-state index in [4.69, 9.17) is 4.74 Å². The number of amides is 1. The molecule has 0 atom stereocenters. The third kappa shape index (κ3) is 2.41. The van der Waals surface area contributed by atoms with Crippen molar-refractivity contribution in [3.63, 3.8) is 0 Å². The van der Waals surface area contributed by atoms with Gasteiger partial charge in [-0.25, -0.2) is 4.98 Å². The molecule has 0 aliphatic carbocycles. The first-order valence-corrected chi connectivity index (χ1v) is 7.87. The third-order valence-electron chi connectivity index (χ3n) is 3.77. The fourth-order valence-corrected chi connectivity index (χ4v) is 3.65. The van der Waals surface area contributed by atoms with E-state index in [1.807, 2.05) is 12.1 Å². The molecule has 0 bridgehead atoms. The van der Waals surface area contributed by atoms with Gasteiger partial charge in [0.25, 0.3) is 5.91 Å². The van der Waals surface area contributed by atoms with E-state index in [0.717, 1.165) is 42.9 Å². The van der Waals surface area contributed by atoms with E-state index in [2.05, 4.69) is 15.6 Å². The van der Waals surface area contributed by atoms with Crippen molar-refractivity contribution in [1.29, 1.82) is 0 Å². The molecule has 21 heavy (non-hydrogen) atoms. The van der Waals surface area contributed by atoms with Crippen molar-refractivity contribution in [2.24, 2.45) is 0 Å². The lowest BCUT2D eigenvalue weighted by Gasteiger charge is -2.09. The van der Waals surface area contributed by atoms with Crippen LogP contribution in [0.4, 0.5) is 5.13 Å². The molecule has 1 aromatic carbocycles. The van der Waals surface area contributed by atoms with Gasteiger partial charge in [-0.1, -0.05) is 0 Å². The summed E-state index contributed by atoms with van der Waals surface area (Å²) in [7, 11) is 0. The van der Waals surface area contributed by atoms with E-state index >= 15 is 0 Å². The Kier molecular flexibility index (Phi) is 3.12. The van der Waals surface area contributed by atoms with Gasteiger partial charge in [0.1, 0.15) is 5.75 Å². The van der Waals surface area contributed by atoms with Crippen molar-refractivity contribution in [3.05, 3.63) is 39.9 Å². The van der Waals surface area contributed by atoms with Crippen LogP contribution in [-0.2, 0) is 19.4 Å². The second-order valence-electron chi connectivity index (χ2n) is 5.19. The predicted octanol–water partition coefficient (Wildman–Crippen LogP) is 1.98. The van der Waals surface area contributed by atoms with Gasteiger partial charge in [-0.05, 0) is 23.8 Å². The molecule has 6 heteroatoms. The normalized spacial score (nSPS) is 16.0. The molecular weight excluding hydrogens is 286 g/mol. The number of carbonyl (C=O) groups is 1. The van der Waals surface area contributed by atoms with Crippen molar-refractivity contribution in [2.45, 2.75) is 19.4 Å². The molecule has 0 saturated carbocycles. The average molecular weight is 301 g/mol. The van der Waals surface area contributed by atoms with Crippen molar-refractivity contribution in [1.82, 2.24) is 10.3 Å². The van der Waals surface area contributed by atoms with Crippen molar-refractivity contribution < 1.29 is 9.53 Å². The maximum atomic E-state index is 12.3. The first-order valence-electron chi connectivity index (χ1n) is 7.06. The summed E-state index contributed by atoms with van der Waals surface area (Å²) in [6.45, 7) is 2.50. The van der Waals surface area contributed by atoms with Gasteiger partial charge in [0, 0.05) is 36.4 Å². The molecule has 5 nitrogen and oxygen atoms in total. The molecule has 0 unspecified atom stereocenters. The Morgan fingerprint density at radius 2 is 2.33 bits per heavy atom. The molecular formula is C15H15N3O2S. The largest absolute Gasteiger partial charge is 0.493 e. The quantitative estimate of drug-likeness (QED) is 0.890. The van der Waals surface area contributed by atoms with Gasteiger partial charge in [-0.15, -0.1) is 11.3 Å². The highest BCUT2D eigenvalue weighted by Crippen LogP contribution is 2.28. The summed E-state index contributed by atoms with van der Waals surface area (Å²) in [5.74, 6) is 0.783. The monoisotopic (exact) mass is 301 g/mol. The molecule has 2 aliphatic heterocycles. The Hall–Kier alpha value is -1.92. The summed E-state index contributed by atoms with van der Waals surface area (Å²) in [4.78, 5) is 18.1. The number of anilines is 1. The summed E-state index contributed by atoms with van der Waals surface area (Å²) in [6.07, 6.45) is 1.80. The second kappa shape index (κ2) is 5.13. The van der Waals surface area contributed by atoms with Crippen LogP contribution >= 0.6 is 11.3 Å². The Morgan fingerprint density at radius 3 is 3.24 bits per heavy atom. The molecule has 2 N–H and O–H groups in total. The minimum absolute atomic E-state index is 0.108. The van der Waals surface area contributed by atoms with Crippen LogP contribution in [0.3, 0.4) is 0 Å². The lowest BCUT2D eigenvalue weighted by atomic mass is 10.1. The van der Waals surface area contributed by atoms with Gasteiger partial charge < -0.3 is 10.1 Å². The van der Waals surface area contributed by atoms with Crippen LogP contribution in [0.2, 0.25) is 0 Å². The smallest absolute Gasteiger partial charge is 0.257 e. The van der Waals surface area contributed by atoms with E-state index in [9.17, 15) is 4.79 Å². The molecule has 0 radical (unpaired) electrons. The molecule has 1 aromatic heterocycles. The van der Waals surface area contributed by atoms with Gasteiger partial charge in [0.05, 0.1) is 12.3 Å². The number of carbonyl (C=O) groups excluding carboxylic acids is 1. The number of hydrogen-bond donors (Lipinski definition) is 2. The minimum Gasteiger partial charge on any atom is -0.493 e. The number of aromatic nitrogens is 1. The van der Waals surface area contributed by atoms with Crippen LogP contribution in [0.15, 0.2) is 18.2 Å². The van der Waals surface area contributed by atoms with Crippen molar-refractivity contribution >= 4 is 22.4 Å². The van der Waals surface area contributed by atoms with Crippen LogP contribution in [0.5, 0.6) is 5.75 Å². The molecule has 4 rings (SSSR count). The zero-order chi connectivity index (χ0) is 14.2. The maximum absolute atomic E-state index is 12.3. The van der Waals surface area contributed by atoms with Crippen molar-refractivity contribution in [2.75, 3.05) is 18.5 Å². The Morgan fingerprint density at radius 1 is 1.38 bits per heavy atom. The molecule has 1 amide bonds. The molecule has 3 heterocycles. The van der Waals surface area contributed by atoms with E-state index < -0.39 is 0 Å². The standard InChI is InChI=1S/C15H15N3O2S/c19-14(10-1-2-12-9(7-10)4-6-20-12)18-15-17-11-3-5-16-8-13(11)21-15/h1-2,7,16H,3-6,8H2,(H,17,18,19). The van der Waals surface area contributed by atoms with Crippen LogP contribution in [-0.4, -0.2) is 24.0 Å². The zero-order valence-corrected chi connectivity index (χ0v) is 12.3.